The van der Waals surface area contributed by atoms with E-state index in [4.69, 9.17) is 11.6 Å². The first-order chi connectivity index (χ1) is 14.7. The second-order valence-corrected chi connectivity index (χ2v) is 9.89. The molecule has 0 amide bonds. The molecule has 0 aliphatic carbocycles. The Bertz CT molecular complexity index is 1070. The van der Waals surface area contributed by atoms with Gasteiger partial charge in [0.15, 0.2) is 0 Å². The van der Waals surface area contributed by atoms with Crippen LogP contribution in [0.25, 0.3) is 0 Å². The number of benzene rings is 2. The largest absolute Gasteiger partial charge is 0.465 e. The molecule has 2 aromatic carbocycles. The number of sulfonamides is 1. The molecule has 0 saturated carbocycles. The maximum atomic E-state index is 14.2. The molecule has 0 bridgehead atoms. The molecule has 1 N–H and O–H groups in total. The van der Waals surface area contributed by atoms with Gasteiger partial charge in [0.2, 0.25) is 10.0 Å². The molecule has 1 saturated heterocycles. The van der Waals surface area contributed by atoms with E-state index in [9.17, 15) is 22.0 Å². The first-order valence-electron chi connectivity index (χ1n) is 9.82. The van der Waals surface area contributed by atoms with E-state index >= 15 is 0 Å². The smallest absolute Gasteiger partial charge is 0.337 e. The summed E-state index contributed by atoms with van der Waals surface area (Å²) in [5.74, 6) is -2.07. The summed E-state index contributed by atoms with van der Waals surface area (Å²) in [6, 6.07) is 8.23. The molecule has 0 aromatic heterocycles. The second kappa shape index (κ2) is 9.60. The summed E-state index contributed by atoms with van der Waals surface area (Å²) in [6.07, 6.45) is 1.86. The van der Waals surface area contributed by atoms with Crippen molar-refractivity contribution in [3.05, 3.63) is 64.2 Å². The number of quaternary nitrogens is 1. The van der Waals surface area contributed by atoms with E-state index in [0.29, 0.717) is 11.0 Å². The van der Waals surface area contributed by atoms with Crippen molar-refractivity contribution in [1.82, 2.24) is 9.21 Å². The number of carbonyl (C=O) groups excluding carboxylic acids is 1. The zero-order valence-corrected chi connectivity index (χ0v) is 18.6. The summed E-state index contributed by atoms with van der Waals surface area (Å²) in [5, 5.41) is 0.00811. The molecule has 1 aliphatic heterocycles. The molecule has 168 valence electrons. The van der Waals surface area contributed by atoms with Crippen molar-refractivity contribution < 1.29 is 26.7 Å². The maximum Gasteiger partial charge on any atom is 0.337 e. The van der Waals surface area contributed by atoms with Gasteiger partial charge in [-0.1, -0.05) is 17.7 Å². The highest BCUT2D eigenvalue weighted by atomic mass is 35.5. The lowest BCUT2D eigenvalue weighted by Crippen LogP contribution is -2.50. The number of nitrogens with one attached hydrogen (secondary N) is 1. The Morgan fingerprint density at radius 3 is 2.45 bits per heavy atom. The number of methoxy groups -OCH3 is 1. The average Bonchev–Trinajstić information content (AvgIpc) is 3.23. The number of halogens is 3. The Labute approximate surface area is 185 Å². The SMILES string of the molecule is COC(=O)c1ccc(CNS(=O)(=O)CC[N+]2(c3ccc(F)c(Cl)c3)CCCC2)c(F)c1. The second-order valence-electron chi connectivity index (χ2n) is 7.56. The number of esters is 1. The molecule has 2 aromatic rings. The first kappa shape index (κ1) is 23.6. The highest BCUT2D eigenvalue weighted by molar-refractivity contribution is 7.89. The van der Waals surface area contributed by atoms with Crippen molar-refractivity contribution >= 4 is 33.3 Å². The van der Waals surface area contributed by atoms with Gasteiger partial charge >= 0.3 is 5.97 Å². The quantitative estimate of drug-likeness (QED) is 0.469. The van der Waals surface area contributed by atoms with E-state index in [-0.39, 0.29) is 28.4 Å². The number of nitrogens with zero attached hydrogens (tertiary/aromatic N) is 1. The zero-order valence-electron chi connectivity index (χ0n) is 17.0. The van der Waals surface area contributed by atoms with Crippen LogP contribution in [0.5, 0.6) is 0 Å². The van der Waals surface area contributed by atoms with Crippen LogP contribution in [-0.4, -0.2) is 46.9 Å². The fourth-order valence-corrected chi connectivity index (χ4v) is 5.11. The van der Waals surface area contributed by atoms with Gasteiger partial charge in [0, 0.05) is 37.1 Å². The van der Waals surface area contributed by atoms with E-state index in [0.717, 1.165) is 37.7 Å². The van der Waals surface area contributed by atoms with Gasteiger partial charge in [-0.05, 0) is 18.2 Å². The molecule has 6 nitrogen and oxygen atoms in total. The Hall–Kier alpha value is -2.07. The van der Waals surface area contributed by atoms with Crippen molar-refractivity contribution in [3.63, 3.8) is 0 Å². The van der Waals surface area contributed by atoms with Gasteiger partial charge in [0.1, 0.15) is 23.1 Å². The first-order valence-corrected chi connectivity index (χ1v) is 11.8. The molecule has 0 spiro atoms. The van der Waals surface area contributed by atoms with Crippen molar-refractivity contribution in [2.24, 2.45) is 0 Å². The number of hydrogen-bond acceptors (Lipinski definition) is 4. The van der Waals surface area contributed by atoms with Gasteiger partial charge in [-0.2, -0.15) is 0 Å². The third-order valence-electron chi connectivity index (χ3n) is 5.62. The minimum absolute atomic E-state index is 0.00811. The van der Waals surface area contributed by atoms with Gasteiger partial charge in [0.05, 0.1) is 37.3 Å². The van der Waals surface area contributed by atoms with Crippen LogP contribution in [0.2, 0.25) is 5.02 Å². The Morgan fingerprint density at radius 2 is 1.84 bits per heavy atom. The van der Waals surface area contributed by atoms with Gasteiger partial charge in [-0.3, -0.25) is 4.48 Å². The molecule has 3 rings (SSSR count). The van der Waals surface area contributed by atoms with Crippen LogP contribution in [0.4, 0.5) is 14.5 Å². The summed E-state index contributed by atoms with van der Waals surface area (Å²) in [5.41, 5.74) is 0.945. The van der Waals surface area contributed by atoms with Gasteiger partial charge in [0.25, 0.3) is 0 Å². The monoisotopic (exact) mass is 473 g/mol. The predicted octanol–water partition coefficient (Wildman–Crippen LogP) is 3.63. The normalized spacial score (nSPS) is 15.7. The average molecular weight is 474 g/mol. The Kier molecular flexibility index (Phi) is 7.31. The predicted molar refractivity (Wildman–Crippen MR) is 115 cm³/mol. The Balaban J connectivity index is 1.67. The fourth-order valence-electron chi connectivity index (χ4n) is 3.82. The Morgan fingerprint density at radius 1 is 1.13 bits per heavy atom. The molecular formula is C21H24ClF2N2O4S+. The van der Waals surface area contributed by atoms with Crippen LogP contribution in [0.1, 0.15) is 28.8 Å². The molecule has 0 unspecified atom stereocenters. The molecule has 1 heterocycles. The van der Waals surface area contributed by atoms with Crippen molar-refractivity contribution in [2.75, 3.05) is 32.5 Å². The number of rotatable bonds is 8. The van der Waals surface area contributed by atoms with Gasteiger partial charge < -0.3 is 4.74 Å². The van der Waals surface area contributed by atoms with Crippen LogP contribution < -0.4 is 9.21 Å². The van der Waals surface area contributed by atoms with Gasteiger partial charge in [-0.25, -0.2) is 26.7 Å². The number of hydrogen-bond donors (Lipinski definition) is 1. The van der Waals surface area contributed by atoms with Crippen molar-refractivity contribution in [1.29, 1.82) is 0 Å². The lowest BCUT2D eigenvalue weighted by atomic mass is 10.1. The summed E-state index contributed by atoms with van der Waals surface area (Å²) >= 11 is 5.94. The number of carbonyl (C=O) groups is 1. The summed E-state index contributed by atoms with van der Waals surface area (Å²) in [6.45, 7) is 1.53. The number of likely N-dealkylation sites (tertiary alicyclic amines) is 1. The molecular weight excluding hydrogens is 450 g/mol. The fraction of sp³-hybridized carbons (Fsp3) is 0.381. The van der Waals surface area contributed by atoms with E-state index in [1.165, 1.54) is 25.3 Å². The molecule has 0 radical (unpaired) electrons. The molecule has 1 fully saturated rings. The van der Waals surface area contributed by atoms with Crippen LogP contribution >= 0.6 is 11.6 Å². The van der Waals surface area contributed by atoms with E-state index in [1.807, 2.05) is 0 Å². The standard InChI is InChI=1S/C21H24ClF2N2O4S/c1-30-21(27)15-4-5-16(20(24)12-15)14-25-31(28,29)11-10-26(8-2-3-9-26)17-6-7-19(23)18(22)13-17/h4-7,12-13,25H,2-3,8-11,14H2,1H3/q+1. The van der Waals surface area contributed by atoms with E-state index < -0.39 is 27.6 Å². The lowest BCUT2D eigenvalue weighted by Gasteiger charge is -2.33. The molecule has 10 heteroatoms. The summed E-state index contributed by atoms with van der Waals surface area (Å²) in [7, 11) is -2.52. The summed E-state index contributed by atoms with van der Waals surface area (Å²) < 4.78 is 60.3. The van der Waals surface area contributed by atoms with Crippen LogP contribution in [0, 0.1) is 11.6 Å². The minimum atomic E-state index is -3.71. The van der Waals surface area contributed by atoms with Crippen molar-refractivity contribution in [3.8, 4) is 0 Å². The maximum absolute atomic E-state index is 14.2. The molecule has 0 atom stereocenters. The third kappa shape index (κ3) is 5.60. The van der Waals surface area contributed by atoms with Crippen LogP contribution in [-0.2, 0) is 21.3 Å². The van der Waals surface area contributed by atoms with Crippen LogP contribution in [0.15, 0.2) is 36.4 Å². The minimum Gasteiger partial charge on any atom is -0.465 e. The molecule has 1 aliphatic rings. The lowest BCUT2D eigenvalue weighted by molar-refractivity contribution is 0.0600. The van der Waals surface area contributed by atoms with Crippen molar-refractivity contribution in [2.45, 2.75) is 19.4 Å². The zero-order chi connectivity index (χ0) is 22.6. The van der Waals surface area contributed by atoms with Crippen LogP contribution in [0.3, 0.4) is 0 Å². The van der Waals surface area contributed by atoms with Gasteiger partial charge in [-0.15, -0.1) is 0 Å². The van der Waals surface area contributed by atoms with E-state index in [2.05, 4.69) is 9.46 Å². The number of ether oxygens (including phenoxy) is 1. The highest BCUT2D eigenvalue weighted by Gasteiger charge is 2.36. The third-order valence-corrected chi connectivity index (χ3v) is 7.21. The summed E-state index contributed by atoms with van der Waals surface area (Å²) in [4.78, 5) is 11.5. The topological polar surface area (TPSA) is 72.5 Å². The highest BCUT2D eigenvalue weighted by Crippen LogP contribution is 2.32. The molecule has 31 heavy (non-hydrogen) atoms. The van der Waals surface area contributed by atoms with E-state index in [1.54, 1.807) is 12.1 Å².